The Bertz CT molecular complexity index is 450. The van der Waals surface area contributed by atoms with Gasteiger partial charge in [0.2, 0.25) is 0 Å². The Balaban J connectivity index is 0.00000400. The van der Waals surface area contributed by atoms with Gasteiger partial charge >= 0.3 is 29.6 Å². The molecule has 1 aromatic heterocycles. The molecule has 0 aliphatic heterocycles. The van der Waals surface area contributed by atoms with Crippen LogP contribution in [0.25, 0.3) is 0 Å². The molecule has 0 spiro atoms. The Labute approximate surface area is 147 Å². The predicted octanol–water partition coefficient (Wildman–Crippen LogP) is 0.933. The third kappa shape index (κ3) is 7.19. The van der Waals surface area contributed by atoms with E-state index >= 15 is 0 Å². The number of hydrogen-bond donors (Lipinski definition) is 1. The second-order valence-corrected chi connectivity index (χ2v) is 5.10. The van der Waals surface area contributed by atoms with Crippen LogP contribution in [-0.4, -0.2) is 78.1 Å². The third-order valence-electron chi connectivity index (χ3n) is 2.39. The van der Waals surface area contributed by atoms with E-state index in [-0.39, 0.29) is 41.8 Å². The predicted molar refractivity (Wildman–Crippen MR) is 80.6 cm³/mol. The van der Waals surface area contributed by atoms with E-state index in [1.807, 2.05) is 20.8 Å². The molecule has 0 aromatic carbocycles. The van der Waals surface area contributed by atoms with Crippen LogP contribution in [-0.2, 0) is 14.9 Å². The quantitative estimate of drug-likeness (QED) is 0.201. The van der Waals surface area contributed by atoms with Crippen molar-refractivity contribution in [3.63, 3.8) is 0 Å². The van der Waals surface area contributed by atoms with Crippen molar-refractivity contribution in [1.82, 2.24) is 9.97 Å². The fraction of sp³-hybridized carbons (Fsp3) is 0.615. The van der Waals surface area contributed by atoms with Crippen molar-refractivity contribution in [3.05, 3.63) is 17.7 Å². The Morgan fingerprint density at radius 1 is 1.33 bits per heavy atom. The summed E-state index contributed by atoms with van der Waals surface area (Å²) in [5, 5.41) is 11.5. The number of oxime groups is 1. The van der Waals surface area contributed by atoms with Crippen LogP contribution in [0.4, 0.5) is 0 Å². The zero-order chi connectivity index (χ0) is 15.0. The molecular formula is C13H22N3NaO4. The first-order chi connectivity index (χ1) is 9.49. The molecule has 0 unspecified atom stereocenters. The molecule has 0 saturated heterocycles. The zero-order valence-corrected chi connectivity index (χ0v) is 12.3. The number of ether oxygens (including phenoxy) is 3. The van der Waals surface area contributed by atoms with E-state index in [0.29, 0.717) is 24.8 Å². The maximum absolute atomic E-state index is 8.53. The van der Waals surface area contributed by atoms with Gasteiger partial charge in [0.05, 0.1) is 25.1 Å². The van der Waals surface area contributed by atoms with Crippen LogP contribution in [0.3, 0.4) is 0 Å². The van der Waals surface area contributed by atoms with Crippen LogP contribution in [0.5, 0.6) is 5.75 Å². The summed E-state index contributed by atoms with van der Waals surface area (Å²) in [7, 11) is 1.61. The van der Waals surface area contributed by atoms with E-state index in [4.69, 9.17) is 19.4 Å². The van der Waals surface area contributed by atoms with Crippen molar-refractivity contribution >= 4 is 35.8 Å². The standard InChI is InChI=1S/C13H21N3O4.Na.H/c1-13(2,3)12-10(20-9-19-6-5-18-4)7-14-11(16-12)8-15-17;;/h7-8,17H,5-6,9H2,1-4H3;;/b15-8+;;. The van der Waals surface area contributed by atoms with Gasteiger partial charge in [-0.3, -0.25) is 0 Å². The molecule has 1 N–H and O–H groups in total. The molecule has 0 radical (unpaired) electrons. The second-order valence-electron chi connectivity index (χ2n) is 5.10. The average Bonchev–Trinajstić information content (AvgIpc) is 2.39. The Hall–Kier alpha value is -0.730. The molecule has 21 heavy (non-hydrogen) atoms. The van der Waals surface area contributed by atoms with Crippen LogP contribution < -0.4 is 4.74 Å². The van der Waals surface area contributed by atoms with Crippen molar-refractivity contribution in [2.24, 2.45) is 5.16 Å². The van der Waals surface area contributed by atoms with E-state index in [9.17, 15) is 0 Å². The fourth-order valence-electron chi connectivity index (χ4n) is 1.45. The SMILES string of the molecule is COCCOCOc1cnc(/C=N/O)nc1C(C)(C)C.[NaH]. The van der Waals surface area contributed by atoms with Crippen LogP contribution in [0.15, 0.2) is 11.4 Å². The number of methoxy groups -OCH3 is 1. The van der Waals surface area contributed by atoms with Crippen LogP contribution >= 0.6 is 0 Å². The Morgan fingerprint density at radius 2 is 2.05 bits per heavy atom. The summed E-state index contributed by atoms with van der Waals surface area (Å²) >= 11 is 0. The zero-order valence-electron chi connectivity index (χ0n) is 12.3. The maximum atomic E-state index is 8.53. The van der Waals surface area contributed by atoms with Gasteiger partial charge < -0.3 is 19.4 Å². The van der Waals surface area contributed by atoms with Crippen molar-refractivity contribution in [2.75, 3.05) is 27.1 Å². The normalized spacial score (nSPS) is 11.4. The van der Waals surface area contributed by atoms with Crippen molar-refractivity contribution in [2.45, 2.75) is 26.2 Å². The van der Waals surface area contributed by atoms with Gasteiger partial charge in [-0.1, -0.05) is 25.9 Å². The van der Waals surface area contributed by atoms with Gasteiger partial charge in [-0.25, -0.2) is 9.97 Å². The van der Waals surface area contributed by atoms with E-state index < -0.39 is 0 Å². The fourth-order valence-corrected chi connectivity index (χ4v) is 1.45. The third-order valence-corrected chi connectivity index (χ3v) is 2.39. The molecule has 0 amide bonds. The first-order valence-corrected chi connectivity index (χ1v) is 6.23. The van der Waals surface area contributed by atoms with Crippen LogP contribution in [0.2, 0.25) is 0 Å². The minimum atomic E-state index is -0.233. The van der Waals surface area contributed by atoms with Crippen LogP contribution in [0, 0.1) is 0 Å². The molecule has 1 heterocycles. The van der Waals surface area contributed by atoms with Gasteiger partial charge in [0.25, 0.3) is 0 Å². The van der Waals surface area contributed by atoms with E-state index in [1.54, 1.807) is 13.3 Å². The number of rotatable bonds is 7. The summed E-state index contributed by atoms with van der Waals surface area (Å²) in [5.41, 5.74) is 0.487. The Kier molecular flexibility index (Phi) is 9.72. The summed E-state index contributed by atoms with van der Waals surface area (Å²) in [6.07, 6.45) is 2.72. The molecule has 0 fully saturated rings. The molecule has 0 saturated carbocycles. The molecule has 1 rings (SSSR count). The van der Waals surface area contributed by atoms with Gasteiger partial charge in [-0.2, -0.15) is 0 Å². The van der Waals surface area contributed by atoms with Crippen molar-refractivity contribution in [3.8, 4) is 5.75 Å². The van der Waals surface area contributed by atoms with Gasteiger partial charge in [-0.15, -0.1) is 0 Å². The second kappa shape index (κ2) is 10.1. The molecule has 0 atom stereocenters. The summed E-state index contributed by atoms with van der Waals surface area (Å²) < 4.78 is 15.7. The number of nitrogens with zero attached hydrogens (tertiary/aromatic N) is 3. The molecule has 1 aromatic rings. The average molecular weight is 307 g/mol. The van der Waals surface area contributed by atoms with Gasteiger partial charge in [0.1, 0.15) is 6.21 Å². The van der Waals surface area contributed by atoms with E-state index in [0.717, 1.165) is 5.69 Å². The number of aromatic nitrogens is 2. The molecule has 8 heteroatoms. The van der Waals surface area contributed by atoms with Crippen molar-refractivity contribution < 1.29 is 19.4 Å². The Morgan fingerprint density at radius 3 is 2.62 bits per heavy atom. The van der Waals surface area contributed by atoms with Crippen LogP contribution in [0.1, 0.15) is 32.3 Å². The molecule has 0 aliphatic rings. The molecule has 0 aliphatic carbocycles. The van der Waals surface area contributed by atoms with Gasteiger partial charge in [0, 0.05) is 12.5 Å². The first-order valence-electron chi connectivity index (χ1n) is 6.23. The summed E-state index contributed by atoms with van der Waals surface area (Å²) in [6.45, 7) is 7.09. The van der Waals surface area contributed by atoms with Crippen molar-refractivity contribution in [1.29, 1.82) is 0 Å². The molecule has 114 valence electrons. The molecule has 7 nitrogen and oxygen atoms in total. The van der Waals surface area contributed by atoms with E-state index in [1.165, 1.54) is 6.21 Å². The summed E-state index contributed by atoms with van der Waals surface area (Å²) in [6, 6.07) is 0. The monoisotopic (exact) mass is 307 g/mol. The van der Waals surface area contributed by atoms with Gasteiger partial charge in [0.15, 0.2) is 18.4 Å². The van der Waals surface area contributed by atoms with E-state index in [2.05, 4.69) is 15.1 Å². The molecular weight excluding hydrogens is 285 g/mol. The summed E-state index contributed by atoms with van der Waals surface area (Å²) in [4.78, 5) is 8.36. The number of hydrogen-bond acceptors (Lipinski definition) is 7. The minimum absolute atomic E-state index is 0. The molecule has 0 bridgehead atoms. The topological polar surface area (TPSA) is 86.1 Å². The summed E-state index contributed by atoms with van der Waals surface area (Å²) in [5.74, 6) is 0.870. The van der Waals surface area contributed by atoms with Gasteiger partial charge in [-0.05, 0) is 0 Å². The first kappa shape index (κ1) is 20.3.